The van der Waals surface area contributed by atoms with Crippen LogP contribution in [0.25, 0.3) is 0 Å². The van der Waals surface area contributed by atoms with E-state index in [1.54, 1.807) is 6.20 Å². The lowest BCUT2D eigenvalue weighted by molar-refractivity contribution is -0.132. The number of aryl methyl sites for hydroxylation is 1. The van der Waals surface area contributed by atoms with Crippen LogP contribution in [0.4, 0.5) is 0 Å². The van der Waals surface area contributed by atoms with Crippen molar-refractivity contribution in [1.29, 1.82) is 0 Å². The van der Waals surface area contributed by atoms with Gasteiger partial charge in [0.05, 0.1) is 0 Å². The van der Waals surface area contributed by atoms with Gasteiger partial charge in [0.25, 0.3) is 0 Å². The quantitative estimate of drug-likeness (QED) is 0.846. The largest absolute Gasteiger partial charge is 0.341 e. The summed E-state index contributed by atoms with van der Waals surface area (Å²) in [5.41, 5.74) is 6.84. The van der Waals surface area contributed by atoms with Crippen LogP contribution in [0.5, 0.6) is 0 Å². The van der Waals surface area contributed by atoms with Crippen LogP contribution in [0.2, 0.25) is 0 Å². The fraction of sp³-hybridized carbons (Fsp3) is 0.538. The zero-order valence-electron chi connectivity index (χ0n) is 10.0. The Morgan fingerprint density at radius 3 is 3.12 bits per heavy atom. The van der Waals surface area contributed by atoms with Crippen LogP contribution in [-0.2, 0) is 11.2 Å². The van der Waals surface area contributed by atoms with Crippen molar-refractivity contribution in [3.63, 3.8) is 0 Å². The number of carbonyl (C=O) groups excluding carboxylic acids is 1. The van der Waals surface area contributed by atoms with Gasteiger partial charge in [-0.3, -0.25) is 9.78 Å². The first kappa shape index (κ1) is 12.0. The fourth-order valence-corrected chi connectivity index (χ4v) is 2.18. The molecule has 0 spiro atoms. The van der Waals surface area contributed by atoms with E-state index in [0.29, 0.717) is 19.4 Å². The highest BCUT2D eigenvalue weighted by Gasteiger charge is 2.20. The van der Waals surface area contributed by atoms with Crippen LogP contribution < -0.4 is 5.73 Å². The second kappa shape index (κ2) is 5.77. The lowest BCUT2D eigenvalue weighted by Gasteiger charge is -2.30. The van der Waals surface area contributed by atoms with E-state index in [1.807, 2.05) is 23.1 Å². The second-order valence-electron chi connectivity index (χ2n) is 4.56. The summed E-state index contributed by atoms with van der Waals surface area (Å²) in [5, 5.41) is 0. The number of nitrogens with two attached hydrogens (primary N) is 1. The summed E-state index contributed by atoms with van der Waals surface area (Å²) in [6.45, 7) is 1.57. The molecule has 1 amide bonds. The first-order chi connectivity index (χ1) is 8.25. The van der Waals surface area contributed by atoms with Gasteiger partial charge in [-0.2, -0.15) is 0 Å². The molecule has 0 aromatic carbocycles. The number of likely N-dealkylation sites (tertiary alicyclic amines) is 1. The Morgan fingerprint density at radius 2 is 2.41 bits per heavy atom. The minimum atomic E-state index is 0.155. The van der Waals surface area contributed by atoms with Gasteiger partial charge in [0.15, 0.2) is 0 Å². The fourth-order valence-electron chi connectivity index (χ4n) is 2.18. The highest BCUT2D eigenvalue weighted by Crippen LogP contribution is 2.10. The normalized spacial score (nSPS) is 20.3. The van der Waals surface area contributed by atoms with Crippen molar-refractivity contribution in [2.24, 2.45) is 5.73 Å². The number of piperidine rings is 1. The Morgan fingerprint density at radius 1 is 1.53 bits per heavy atom. The third kappa shape index (κ3) is 3.53. The monoisotopic (exact) mass is 233 g/mol. The van der Waals surface area contributed by atoms with E-state index < -0.39 is 0 Å². The lowest BCUT2D eigenvalue weighted by atomic mass is 10.1. The number of carbonyl (C=O) groups is 1. The molecule has 0 aliphatic carbocycles. The number of pyridine rings is 1. The molecule has 1 fully saturated rings. The molecule has 0 saturated carbocycles. The van der Waals surface area contributed by atoms with Crippen molar-refractivity contribution in [3.8, 4) is 0 Å². The molecule has 1 atom stereocenters. The average molecular weight is 233 g/mol. The van der Waals surface area contributed by atoms with E-state index in [0.717, 1.165) is 25.1 Å². The third-order valence-electron chi connectivity index (χ3n) is 3.13. The molecular formula is C13H19N3O. The minimum absolute atomic E-state index is 0.155. The van der Waals surface area contributed by atoms with Crippen molar-refractivity contribution in [1.82, 2.24) is 9.88 Å². The third-order valence-corrected chi connectivity index (χ3v) is 3.13. The Bertz CT molecular complexity index is 366. The van der Waals surface area contributed by atoms with Crippen molar-refractivity contribution in [3.05, 3.63) is 30.1 Å². The number of hydrogen-bond donors (Lipinski definition) is 1. The van der Waals surface area contributed by atoms with Gasteiger partial charge in [-0.05, 0) is 31.4 Å². The smallest absolute Gasteiger partial charge is 0.223 e. The van der Waals surface area contributed by atoms with Crippen molar-refractivity contribution < 1.29 is 4.79 Å². The van der Waals surface area contributed by atoms with Gasteiger partial charge in [-0.25, -0.2) is 0 Å². The minimum Gasteiger partial charge on any atom is -0.341 e. The van der Waals surface area contributed by atoms with Gasteiger partial charge >= 0.3 is 0 Å². The van der Waals surface area contributed by atoms with Gasteiger partial charge in [-0.15, -0.1) is 0 Å². The molecule has 1 aromatic heterocycles. The number of aromatic nitrogens is 1. The van der Waals surface area contributed by atoms with Crippen LogP contribution in [0.3, 0.4) is 0 Å². The van der Waals surface area contributed by atoms with E-state index in [9.17, 15) is 4.79 Å². The summed E-state index contributed by atoms with van der Waals surface area (Å²) in [6, 6.07) is 5.94. The maximum Gasteiger partial charge on any atom is 0.223 e. The number of amides is 1. The molecule has 1 aliphatic rings. The van der Waals surface area contributed by atoms with Crippen LogP contribution in [0.1, 0.15) is 25.0 Å². The lowest BCUT2D eigenvalue weighted by Crippen LogP contribution is -2.45. The summed E-state index contributed by atoms with van der Waals surface area (Å²) in [4.78, 5) is 18.1. The van der Waals surface area contributed by atoms with Crippen LogP contribution >= 0.6 is 0 Å². The predicted octanol–water partition coefficient (Wildman–Crippen LogP) is 0.964. The SMILES string of the molecule is NC1CCCN(C(=O)CCc2ccccn2)C1. The molecule has 0 bridgehead atoms. The molecule has 1 saturated heterocycles. The summed E-state index contributed by atoms with van der Waals surface area (Å²) in [6.07, 6.45) is 5.06. The highest BCUT2D eigenvalue weighted by molar-refractivity contribution is 5.76. The van der Waals surface area contributed by atoms with E-state index in [-0.39, 0.29) is 11.9 Å². The van der Waals surface area contributed by atoms with Gasteiger partial charge in [0.2, 0.25) is 5.91 Å². The maximum atomic E-state index is 12.0. The van der Waals surface area contributed by atoms with Crippen LogP contribution in [0.15, 0.2) is 24.4 Å². The Hall–Kier alpha value is -1.42. The number of hydrogen-bond acceptors (Lipinski definition) is 3. The molecule has 2 heterocycles. The van der Waals surface area contributed by atoms with E-state index in [4.69, 9.17) is 5.73 Å². The Kier molecular flexibility index (Phi) is 4.09. The molecule has 1 unspecified atom stereocenters. The van der Waals surface area contributed by atoms with Crippen molar-refractivity contribution >= 4 is 5.91 Å². The zero-order valence-corrected chi connectivity index (χ0v) is 10.0. The van der Waals surface area contributed by atoms with E-state index in [1.165, 1.54) is 0 Å². The predicted molar refractivity (Wildman–Crippen MR) is 66.3 cm³/mol. The van der Waals surface area contributed by atoms with Crippen LogP contribution in [-0.4, -0.2) is 34.9 Å². The molecule has 92 valence electrons. The van der Waals surface area contributed by atoms with Crippen LogP contribution in [0, 0.1) is 0 Å². The zero-order chi connectivity index (χ0) is 12.1. The average Bonchev–Trinajstić information content (AvgIpc) is 2.37. The summed E-state index contributed by atoms with van der Waals surface area (Å²) in [7, 11) is 0. The molecule has 0 radical (unpaired) electrons. The summed E-state index contributed by atoms with van der Waals surface area (Å²) < 4.78 is 0. The molecule has 4 heteroatoms. The number of nitrogens with zero attached hydrogens (tertiary/aromatic N) is 2. The number of rotatable bonds is 3. The Balaban J connectivity index is 1.81. The molecule has 1 aliphatic heterocycles. The standard InChI is InChI=1S/C13H19N3O/c14-11-4-3-9-16(10-11)13(17)7-6-12-5-1-2-8-15-12/h1-2,5,8,11H,3-4,6-7,9-10,14H2. The Labute approximate surface area is 102 Å². The first-order valence-electron chi connectivity index (χ1n) is 6.19. The van der Waals surface area contributed by atoms with Crippen molar-refractivity contribution in [2.75, 3.05) is 13.1 Å². The topological polar surface area (TPSA) is 59.2 Å². The van der Waals surface area contributed by atoms with Gasteiger partial charge in [-0.1, -0.05) is 6.07 Å². The van der Waals surface area contributed by atoms with Gasteiger partial charge in [0.1, 0.15) is 0 Å². The van der Waals surface area contributed by atoms with Crippen molar-refractivity contribution in [2.45, 2.75) is 31.7 Å². The van der Waals surface area contributed by atoms with E-state index in [2.05, 4.69) is 4.98 Å². The highest BCUT2D eigenvalue weighted by atomic mass is 16.2. The molecule has 2 rings (SSSR count). The van der Waals surface area contributed by atoms with Gasteiger partial charge in [0, 0.05) is 37.4 Å². The van der Waals surface area contributed by atoms with Gasteiger partial charge < -0.3 is 10.6 Å². The molecule has 1 aromatic rings. The first-order valence-corrected chi connectivity index (χ1v) is 6.19. The molecular weight excluding hydrogens is 214 g/mol. The maximum absolute atomic E-state index is 12.0. The summed E-state index contributed by atoms with van der Waals surface area (Å²) in [5.74, 6) is 0.200. The second-order valence-corrected chi connectivity index (χ2v) is 4.56. The molecule has 17 heavy (non-hydrogen) atoms. The summed E-state index contributed by atoms with van der Waals surface area (Å²) >= 11 is 0. The molecule has 4 nitrogen and oxygen atoms in total. The van der Waals surface area contributed by atoms with E-state index >= 15 is 0 Å². The molecule has 2 N–H and O–H groups in total.